The number of pyridine rings is 1. The van der Waals surface area contributed by atoms with Crippen LogP contribution in [0.3, 0.4) is 0 Å². The molecule has 0 bridgehead atoms. The summed E-state index contributed by atoms with van der Waals surface area (Å²) < 4.78 is 1.76. The zero-order valence-corrected chi connectivity index (χ0v) is 9.23. The number of nitrogens with one attached hydrogen (secondary N) is 1. The largest absolute Gasteiger partial charge is 0.384 e. The molecule has 2 aromatic rings. The van der Waals surface area contributed by atoms with Gasteiger partial charge in [0.1, 0.15) is 5.84 Å². The van der Waals surface area contributed by atoms with Gasteiger partial charge in [-0.2, -0.15) is 5.10 Å². The van der Waals surface area contributed by atoms with Gasteiger partial charge in [0, 0.05) is 17.5 Å². The molecule has 2 aromatic heterocycles. The van der Waals surface area contributed by atoms with E-state index in [0.717, 1.165) is 17.2 Å². The minimum Gasteiger partial charge on any atom is -0.384 e. The Bertz CT molecular complexity index is 524. The second-order valence-corrected chi connectivity index (χ2v) is 3.66. The molecule has 0 aliphatic carbocycles. The van der Waals surface area contributed by atoms with Gasteiger partial charge in [0.15, 0.2) is 5.82 Å². The van der Waals surface area contributed by atoms with Gasteiger partial charge in [0.25, 0.3) is 0 Å². The van der Waals surface area contributed by atoms with Gasteiger partial charge in [-0.05, 0) is 32.0 Å². The molecule has 0 saturated carbocycles. The van der Waals surface area contributed by atoms with E-state index in [2.05, 4.69) is 10.1 Å². The van der Waals surface area contributed by atoms with Gasteiger partial charge in [-0.15, -0.1) is 0 Å². The van der Waals surface area contributed by atoms with Crippen molar-refractivity contribution in [3.05, 3.63) is 41.3 Å². The van der Waals surface area contributed by atoms with E-state index in [1.54, 1.807) is 23.0 Å². The lowest BCUT2D eigenvalue weighted by Gasteiger charge is -2.03. The number of nitrogens with zero attached hydrogens (tertiary/aromatic N) is 3. The molecule has 0 aromatic carbocycles. The molecule has 5 heteroatoms. The standard InChI is InChI=1S/C11H13N5/c1-7-5-8(2)16(15-7)10-4-3-9(6-14-10)11(12)13/h3-6H,1-2H3,(H3,12,13). The van der Waals surface area contributed by atoms with Gasteiger partial charge in [-0.25, -0.2) is 9.67 Å². The van der Waals surface area contributed by atoms with Crippen molar-refractivity contribution in [3.8, 4) is 5.82 Å². The van der Waals surface area contributed by atoms with Crippen molar-refractivity contribution in [2.24, 2.45) is 5.73 Å². The monoisotopic (exact) mass is 215 g/mol. The first kappa shape index (κ1) is 10.4. The van der Waals surface area contributed by atoms with Gasteiger partial charge in [0.2, 0.25) is 0 Å². The molecule has 2 rings (SSSR count). The van der Waals surface area contributed by atoms with Gasteiger partial charge < -0.3 is 5.73 Å². The van der Waals surface area contributed by atoms with E-state index in [1.165, 1.54) is 0 Å². The molecule has 0 fully saturated rings. The Morgan fingerprint density at radius 1 is 1.38 bits per heavy atom. The summed E-state index contributed by atoms with van der Waals surface area (Å²) in [6, 6.07) is 5.55. The maximum absolute atomic E-state index is 7.27. The average molecular weight is 215 g/mol. The quantitative estimate of drug-likeness (QED) is 0.582. The highest BCUT2D eigenvalue weighted by molar-refractivity contribution is 5.94. The molecule has 0 saturated heterocycles. The smallest absolute Gasteiger partial charge is 0.153 e. The minimum atomic E-state index is 0.0208. The lowest BCUT2D eigenvalue weighted by molar-refractivity contribution is 0.806. The Kier molecular flexibility index (Phi) is 2.44. The van der Waals surface area contributed by atoms with Crippen LogP contribution in [0.5, 0.6) is 0 Å². The summed E-state index contributed by atoms with van der Waals surface area (Å²) in [6.45, 7) is 3.91. The van der Waals surface area contributed by atoms with Crippen LogP contribution in [0, 0.1) is 19.3 Å². The maximum atomic E-state index is 7.27. The molecule has 0 spiro atoms. The van der Waals surface area contributed by atoms with Crippen LogP contribution >= 0.6 is 0 Å². The van der Waals surface area contributed by atoms with Crippen molar-refractivity contribution in [1.82, 2.24) is 14.8 Å². The fraction of sp³-hybridized carbons (Fsp3) is 0.182. The molecular weight excluding hydrogens is 202 g/mol. The third kappa shape index (κ3) is 1.79. The summed E-state index contributed by atoms with van der Waals surface area (Å²) in [5.74, 6) is 0.753. The molecule has 82 valence electrons. The fourth-order valence-corrected chi connectivity index (χ4v) is 1.53. The van der Waals surface area contributed by atoms with Gasteiger partial charge in [-0.3, -0.25) is 5.41 Å². The molecule has 0 radical (unpaired) electrons. The van der Waals surface area contributed by atoms with Crippen molar-refractivity contribution in [3.63, 3.8) is 0 Å². The molecule has 0 atom stereocenters. The summed E-state index contributed by atoms with van der Waals surface area (Å²) in [7, 11) is 0. The molecule has 0 amide bonds. The average Bonchev–Trinajstić information content (AvgIpc) is 2.58. The SMILES string of the molecule is Cc1cc(C)n(-c2ccc(C(=N)N)cn2)n1. The minimum absolute atomic E-state index is 0.0208. The lowest BCUT2D eigenvalue weighted by Crippen LogP contribution is -2.12. The summed E-state index contributed by atoms with van der Waals surface area (Å²) in [5.41, 5.74) is 7.96. The van der Waals surface area contributed by atoms with Crippen LogP contribution < -0.4 is 5.73 Å². The number of aryl methyl sites for hydroxylation is 2. The van der Waals surface area contributed by atoms with Crippen molar-refractivity contribution >= 4 is 5.84 Å². The van der Waals surface area contributed by atoms with E-state index in [4.69, 9.17) is 11.1 Å². The number of nitrogens with two attached hydrogens (primary N) is 1. The second kappa shape index (κ2) is 3.77. The zero-order valence-electron chi connectivity index (χ0n) is 9.23. The number of nitrogen functional groups attached to an aromatic ring is 1. The number of rotatable bonds is 2. The summed E-state index contributed by atoms with van der Waals surface area (Å²) in [6.07, 6.45) is 1.58. The summed E-state index contributed by atoms with van der Waals surface area (Å²) in [4.78, 5) is 4.22. The van der Waals surface area contributed by atoms with Crippen LogP contribution in [0.15, 0.2) is 24.4 Å². The van der Waals surface area contributed by atoms with Crippen molar-refractivity contribution in [1.29, 1.82) is 5.41 Å². The van der Waals surface area contributed by atoms with Crippen molar-refractivity contribution < 1.29 is 0 Å². The molecule has 16 heavy (non-hydrogen) atoms. The molecule has 0 aliphatic heterocycles. The predicted octanol–water partition coefficient (Wildman–Crippen LogP) is 1.17. The Morgan fingerprint density at radius 2 is 2.12 bits per heavy atom. The molecule has 0 unspecified atom stereocenters. The third-order valence-corrected chi connectivity index (χ3v) is 2.29. The van der Waals surface area contributed by atoms with Crippen molar-refractivity contribution in [2.45, 2.75) is 13.8 Å². The van der Waals surface area contributed by atoms with Crippen LogP contribution in [0.25, 0.3) is 5.82 Å². The predicted molar refractivity (Wildman–Crippen MR) is 61.8 cm³/mol. The first-order valence-corrected chi connectivity index (χ1v) is 4.92. The molecular formula is C11H13N5. The molecule has 3 N–H and O–H groups in total. The van der Waals surface area contributed by atoms with E-state index < -0.39 is 0 Å². The molecule has 5 nitrogen and oxygen atoms in total. The maximum Gasteiger partial charge on any atom is 0.153 e. The topological polar surface area (TPSA) is 80.6 Å². The lowest BCUT2D eigenvalue weighted by atomic mass is 10.2. The van der Waals surface area contributed by atoms with E-state index >= 15 is 0 Å². The first-order chi connectivity index (χ1) is 7.58. The normalized spacial score (nSPS) is 10.4. The molecule has 0 aliphatic rings. The van der Waals surface area contributed by atoms with Gasteiger partial charge in [0.05, 0.1) is 5.69 Å². The van der Waals surface area contributed by atoms with E-state index in [0.29, 0.717) is 5.56 Å². The van der Waals surface area contributed by atoms with E-state index in [9.17, 15) is 0 Å². The summed E-state index contributed by atoms with van der Waals surface area (Å²) in [5, 5.41) is 11.6. The van der Waals surface area contributed by atoms with Crippen LogP contribution in [0.4, 0.5) is 0 Å². The van der Waals surface area contributed by atoms with Gasteiger partial charge >= 0.3 is 0 Å². The van der Waals surface area contributed by atoms with Crippen LogP contribution in [-0.4, -0.2) is 20.6 Å². The highest BCUT2D eigenvalue weighted by atomic mass is 15.3. The number of aromatic nitrogens is 3. The fourth-order valence-electron chi connectivity index (χ4n) is 1.53. The highest BCUT2D eigenvalue weighted by Gasteiger charge is 2.05. The van der Waals surface area contributed by atoms with E-state index in [-0.39, 0.29) is 5.84 Å². The number of amidine groups is 1. The Morgan fingerprint density at radius 3 is 2.56 bits per heavy atom. The van der Waals surface area contributed by atoms with Crippen LogP contribution in [0.2, 0.25) is 0 Å². The Balaban J connectivity index is 2.42. The third-order valence-electron chi connectivity index (χ3n) is 2.29. The highest BCUT2D eigenvalue weighted by Crippen LogP contribution is 2.09. The van der Waals surface area contributed by atoms with Crippen LogP contribution in [-0.2, 0) is 0 Å². The second-order valence-electron chi connectivity index (χ2n) is 3.66. The van der Waals surface area contributed by atoms with E-state index in [1.807, 2.05) is 19.9 Å². The number of hydrogen-bond donors (Lipinski definition) is 2. The van der Waals surface area contributed by atoms with Crippen LogP contribution in [0.1, 0.15) is 17.0 Å². The number of hydrogen-bond acceptors (Lipinski definition) is 3. The Labute approximate surface area is 93.4 Å². The Hall–Kier alpha value is -2.17. The van der Waals surface area contributed by atoms with Gasteiger partial charge in [-0.1, -0.05) is 0 Å². The molecule has 2 heterocycles. The zero-order chi connectivity index (χ0) is 11.7. The first-order valence-electron chi connectivity index (χ1n) is 4.92. The summed E-state index contributed by atoms with van der Waals surface area (Å²) >= 11 is 0. The van der Waals surface area contributed by atoms with Crippen molar-refractivity contribution in [2.75, 3.05) is 0 Å².